The van der Waals surface area contributed by atoms with Crippen molar-refractivity contribution in [3.05, 3.63) is 56.0 Å². The van der Waals surface area contributed by atoms with E-state index in [4.69, 9.17) is 34.7 Å². The van der Waals surface area contributed by atoms with Crippen molar-refractivity contribution in [2.45, 2.75) is 0 Å². The molecule has 0 aliphatic heterocycles. The van der Waals surface area contributed by atoms with Crippen molar-refractivity contribution in [2.24, 2.45) is 0 Å². The molecule has 0 spiro atoms. The minimum Gasteiger partial charge on any atom is -0.395 e. The quantitative estimate of drug-likeness (QED) is 0.275. The Hall–Kier alpha value is -1.18. The standard InChI is InChI=1S/C6H3BrClF2N.C6H4ClF2N/c7-2-1-3(8)6(11)5(10)4(2)9;7-3-1-2-4(8)5(9)6(3)10/h1H,11H2;1-2H,10H2. The van der Waals surface area contributed by atoms with E-state index in [0.29, 0.717) is 0 Å². The summed E-state index contributed by atoms with van der Waals surface area (Å²) in [6.45, 7) is 0. The van der Waals surface area contributed by atoms with Gasteiger partial charge >= 0.3 is 0 Å². The molecule has 4 N–H and O–H groups in total. The molecule has 114 valence electrons. The van der Waals surface area contributed by atoms with Crippen LogP contribution in [-0.4, -0.2) is 0 Å². The summed E-state index contributed by atoms with van der Waals surface area (Å²) < 4.78 is 49.9. The first-order valence-electron chi connectivity index (χ1n) is 5.14. The highest BCUT2D eigenvalue weighted by molar-refractivity contribution is 9.10. The smallest absolute Gasteiger partial charge is 0.184 e. The first kappa shape index (κ1) is 17.9. The summed E-state index contributed by atoms with van der Waals surface area (Å²) in [6, 6.07) is 3.33. The molecule has 0 heterocycles. The highest BCUT2D eigenvalue weighted by Gasteiger charge is 2.13. The third-order valence-electron chi connectivity index (χ3n) is 2.23. The second-order valence-electron chi connectivity index (χ2n) is 3.64. The van der Waals surface area contributed by atoms with Gasteiger partial charge in [-0.15, -0.1) is 0 Å². The first-order valence-corrected chi connectivity index (χ1v) is 6.69. The van der Waals surface area contributed by atoms with E-state index in [2.05, 4.69) is 15.9 Å². The van der Waals surface area contributed by atoms with Crippen molar-refractivity contribution in [3.8, 4) is 0 Å². The van der Waals surface area contributed by atoms with E-state index in [1.54, 1.807) is 0 Å². The van der Waals surface area contributed by atoms with Crippen LogP contribution < -0.4 is 11.5 Å². The topological polar surface area (TPSA) is 52.0 Å². The third kappa shape index (κ3) is 4.15. The van der Waals surface area contributed by atoms with Gasteiger partial charge in [-0.2, -0.15) is 0 Å². The maximum atomic E-state index is 12.6. The molecule has 0 atom stereocenters. The molecule has 0 fully saturated rings. The minimum absolute atomic E-state index is 0.00391. The largest absolute Gasteiger partial charge is 0.395 e. The Labute approximate surface area is 135 Å². The molecule has 2 aromatic rings. The monoisotopic (exact) mass is 404 g/mol. The van der Waals surface area contributed by atoms with Crippen LogP contribution in [0.3, 0.4) is 0 Å². The number of benzene rings is 2. The molecule has 0 aromatic heterocycles. The molecule has 0 saturated heterocycles. The fourth-order valence-electron chi connectivity index (χ4n) is 1.12. The summed E-state index contributed by atoms with van der Waals surface area (Å²) in [5.41, 5.74) is 9.41. The van der Waals surface area contributed by atoms with Gasteiger partial charge in [0.15, 0.2) is 23.3 Å². The van der Waals surface area contributed by atoms with E-state index in [1.807, 2.05) is 0 Å². The molecular weight excluding hydrogens is 399 g/mol. The number of hydrogen-bond donors (Lipinski definition) is 2. The fraction of sp³-hybridized carbons (Fsp3) is 0. The molecule has 9 heteroatoms. The number of halogens is 7. The van der Waals surface area contributed by atoms with Crippen LogP contribution in [0.5, 0.6) is 0 Å². The van der Waals surface area contributed by atoms with Crippen LogP contribution in [0.15, 0.2) is 22.7 Å². The molecule has 2 nitrogen and oxygen atoms in total. The van der Waals surface area contributed by atoms with Gasteiger partial charge in [-0.25, -0.2) is 17.6 Å². The molecule has 2 rings (SSSR count). The predicted octanol–water partition coefficient (Wildman–Crippen LogP) is 5.16. The lowest BCUT2D eigenvalue weighted by Crippen LogP contribution is -1.96. The van der Waals surface area contributed by atoms with Gasteiger partial charge in [0.25, 0.3) is 0 Å². The predicted molar refractivity (Wildman–Crippen MR) is 79.3 cm³/mol. The number of hydrogen-bond acceptors (Lipinski definition) is 2. The summed E-state index contributed by atoms with van der Waals surface area (Å²) in [5, 5.41) is 0.0228. The van der Waals surface area contributed by atoms with E-state index in [1.165, 1.54) is 12.1 Å². The van der Waals surface area contributed by atoms with Crippen molar-refractivity contribution < 1.29 is 17.6 Å². The molecular formula is C12H7BrCl2F4N2. The zero-order chi connectivity index (χ0) is 16.3. The molecule has 0 aliphatic carbocycles. The summed E-state index contributed by atoms with van der Waals surface area (Å²) in [7, 11) is 0. The van der Waals surface area contributed by atoms with Crippen LogP contribution in [0.4, 0.5) is 28.9 Å². The maximum Gasteiger partial charge on any atom is 0.184 e. The van der Waals surface area contributed by atoms with Crippen LogP contribution >= 0.6 is 39.1 Å². The van der Waals surface area contributed by atoms with Crippen molar-refractivity contribution >= 4 is 50.5 Å². The molecule has 0 radical (unpaired) electrons. The van der Waals surface area contributed by atoms with E-state index < -0.39 is 23.3 Å². The lowest BCUT2D eigenvalue weighted by atomic mass is 10.3. The second kappa shape index (κ2) is 7.20. The van der Waals surface area contributed by atoms with E-state index in [-0.39, 0.29) is 25.9 Å². The van der Waals surface area contributed by atoms with Gasteiger partial charge in [-0.1, -0.05) is 23.2 Å². The van der Waals surface area contributed by atoms with Crippen LogP contribution in [-0.2, 0) is 0 Å². The first-order chi connectivity index (χ1) is 9.66. The lowest BCUT2D eigenvalue weighted by Gasteiger charge is -2.01. The van der Waals surface area contributed by atoms with Crippen LogP contribution in [0, 0.1) is 23.3 Å². The highest BCUT2D eigenvalue weighted by atomic mass is 79.9. The van der Waals surface area contributed by atoms with Gasteiger partial charge in [0.05, 0.1) is 25.9 Å². The van der Waals surface area contributed by atoms with Crippen LogP contribution in [0.2, 0.25) is 10.0 Å². The second-order valence-corrected chi connectivity index (χ2v) is 5.31. The van der Waals surface area contributed by atoms with E-state index in [9.17, 15) is 17.6 Å². The summed E-state index contributed by atoms with van der Waals surface area (Å²) in [5.74, 6) is -4.22. The number of anilines is 2. The van der Waals surface area contributed by atoms with Gasteiger partial charge in [0, 0.05) is 0 Å². The number of rotatable bonds is 0. The Balaban J connectivity index is 0.000000211. The van der Waals surface area contributed by atoms with Crippen LogP contribution in [0.25, 0.3) is 0 Å². The average molecular weight is 406 g/mol. The maximum absolute atomic E-state index is 12.6. The lowest BCUT2D eigenvalue weighted by molar-refractivity contribution is 0.507. The molecule has 0 unspecified atom stereocenters. The molecule has 0 aliphatic rings. The third-order valence-corrected chi connectivity index (χ3v) is 3.45. The summed E-state index contributed by atoms with van der Waals surface area (Å²) in [6.07, 6.45) is 0. The fourth-order valence-corrected chi connectivity index (χ4v) is 2.00. The Morgan fingerprint density at radius 3 is 1.86 bits per heavy atom. The van der Waals surface area contributed by atoms with E-state index in [0.717, 1.165) is 6.07 Å². The van der Waals surface area contributed by atoms with Crippen molar-refractivity contribution in [3.63, 3.8) is 0 Å². The Morgan fingerprint density at radius 2 is 1.33 bits per heavy atom. The summed E-state index contributed by atoms with van der Waals surface area (Å²) in [4.78, 5) is 0. The molecule has 2 aromatic carbocycles. The van der Waals surface area contributed by atoms with Gasteiger partial charge in [0.2, 0.25) is 0 Å². The zero-order valence-corrected chi connectivity index (χ0v) is 13.1. The number of nitrogens with two attached hydrogens (primary N) is 2. The molecule has 0 bridgehead atoms. The van der Waals surface area contributed by atoms with E-state index >= 15 is 0 Å². The van der Waals surface area contributed by atoms with Gasteiger partial charge in [-0.05, 0) is 34.1 Å². The Morgan fingerprint density at radius 1 is 0.810 bits per heavy atom. The van der Waals surface area contributed by atoms with Crippen molar-refractivity contribution in [1.82, 2.24) is 0 Å². The Bertz CT molecular complexity index is 630. The SMILES string of the molecule is Nc1c(Cl)cc(Br)c(F)c1F.Nc1c(Cl)ccc(F)c1F. The molecule has 0 amide bonds. The Kier molecular flexibility index (Phi) is 6.12. The number of nitrogen functional groups attached to an aromatic ring is 2. The van der Waals surface area contributed by atoms with Crippen LogP contribution in [0.1, 0.15) is 0 Å². The minimum atomic E-state index is -1.12. The summed E-state index contributed by atoms with van der Waals surface area (Å²) >= 11 is 13.6. The van der Waals surface area contributed by atoms with Gasteiger partial charge < -0.3 is 11.5 Å². The van der Waals surface area contributed by atoms with Gasteiger partial charge in [0.1, 0.15) is 0 Å². The normalized spacial score (nSPS) is 10.0. The average Bonchev–Trinajstić information content (AvgIpc) is 2.45. The van der Waals surface area contributed by atoms with Gasteiger partial charge in [-0.3, -0.25) is 0 Å². The van der Waals surface area contributed by atoms with Crippen molar-refractivity contribution in [2.75, 3.05) is 11.5 Å². The molecule has 21 heavy (non-hydrogen) atoms. The zero-order valence-electron chi connectivity index (χ0n) is 10.0. The molecule has 0 saturated carbocycles. The van der Waals surface area contributed by atoms with Crippen molar-refractivity contribution in [1.29, 1.82) is 0 Å². The highest BCUT2D eigenvalue weighted by Crippen LogP contribution is 2.29.